The van der Waals surface area contributed by atoms with Crippen LogP contribution in [0.25, 0.3) is 60.2 Å². The molecule has 7 aromatic rings. The van der Waals surface area contributed by atoms with E-state index in [1.54, 1.807) is 10.6 Å². The molecule has 4 aromatic carbocycles. The first kappa shape index (κ1) is 15.5. The minimum Gasteiger partial charge on any atom is -0.290 e. The van der Waals surface area contributed by atoms with E-state index in [9.17, 15) is 4.79 Å². The Morgan fingerprint density at radius 2 is 1.50 bits per heavy atom. The van der Waals surface area contributed by atoms with E-state index in [2.05, 4.69) is 49.8 Å². The van der Waals surface area contributed by atoms with Crippen LogP contribution in [0.5, 0.6) is 0 Å². The van der Waals surface area contributed by atoms with Gasteiger partial charge in [-0.1, -0.05) is 48.5 Å². The molecule has 7 heteroatoms. The lowest BCUT2D eigenvalue weighted by atomic mass is 9.96. The predicted octanol–water partition coefficient (Wildman–Crippen LogP) is 3.97. The Morgan fingerprint density at radius 1 is 0.767 bits per heavy atom. The molecular formula is C23H12N6O. The van der Waals surface area contributed by atoms with Gasteiger partial charge in [-0.15, -0.1) is 15.3 Å². The summed E-state index contributed by atoms with van der Waals surface area (Å²) >= 11 is 0. The molecule has 0 spiro atoms. The van der Waals surface area contributed by atoms with Gasteiger partial charge in [-0.3, -0.25) is 9.89 Å². The number of hydrogen-bond acceptors (Lipinski definition) is 5. The molecule has 0 unspecified atom stereocenters. The number of aromatic amines is 1. The minimum absolute atomic E-state index is 0.0974. The van der Waals surface area contributed by atoms with Crippen molar-refractivity contribution in [2.45, 2.75) is 0 Å². The van der Waals surface area contributed by atoms with E-state index in [-0.39, 0.29) is 5.43 Å². The van der Waals surface area contributed by atoms with Crippen molar-refractivity contribution in [3.05, 3.63) is 77.0 Å². The standard InChI is InChI=1S/C23H12N6O/c30-12-9-10-17-18(11-12)29-23(27-24-17)20-19-15-7-3-1-5-13(15)14-6-2-4-8-16(14)21(19)25-26-22(20)28-29/h1-11H,(H,26,28). The molecule has 0 saturated carbocycles. The molecule has 3 heterocycles. The van der Waals surface area contributed by atoms with Gasteiger partial charge in [0.15, 0.2) is 16.7 Å². The lowest BCUT2D eigenvalue weighted by Gasteiger charge is -2.09. The molecule has 0 aliphatic rings. The van der Waals surface area contributed by atoms with Crippen LogP contribution in [0.1, 0.15) is 0 Å². The zero-order valence-electron chi connectivity index (χ0n) is 15.5. The minimum atomic E-state index is -0.0974. The molecule has 0 aliphatic heterocycles. The van der Waals surface area contributed by atoms with Gasteiger partial charge in [0.25, 0.3) is 0 Å². The second kappa shape index (κ2) is 5.36. The van der Waals surface area contributed by atoms with Crippen LogP contribution in [0.2, 0.25) is 0 Å². The number of hydrogen-bond donors (Lipinski definition) is 1. The van der Waals surface area contributed by atoms with Crippen LogP contribution in [0.15, 0.2) is 71.5 Å². The first-order valence-electron chi connectivity index (χ1n) is 9.56. The van der Waals surface area contributed by atoms with Crippen molar-refractivity contribution >= 4 is 60.2 Å². The summed E-state index contributed by atoms with van der Waals surface area (Å²) in [4.78, 5) is 12.0. The average Bonchev–Trinajstić information content (AvgIpc) is 3.18. The fourth-order valence-electron chi connectivity index (χ4n) is 4.44. The molecule has 30 heavy (non-hydrogen) atoms. The van der Waals surface area contributed by atoms with Crippen molar-refractivity contribution in [2.75, 3.05) is 0 Å². The fourth-order valence-corrected chi connectivity index (χ4v) is 4.44. The first-order chi connectivity index (χ1) is 14.8. The Kier molecular flexibility index (Phi) is 2.77. The van der Waals surface area contributed by atoms with Crippen molar-refractivity contribution in [1.82, 2.24) is 30.0 Å². The maximum atomic E-state index is 12.0. The van der Waals surface area contributed by atoms with Crippen LogP contribution in [-0.4, -0.2) is 30.0 Å². The Bertz CT molecular complexity index is 1850. The van der Waals surface area contributed by atoms with Crippen LogP contribution in [-0.2, 0) is 0 Å². The Morgan fingerprint density at radius 3 is 2.33 bits per heavy atom. The molecule has 140 valence electrons. The smallest absolute Gasteiger partial charge is 0.188 e. The highest BCUT2D eigenvalue weighted by Crippen LogP contribution is 2.37. The predicted molar refractivity (Wildman–Crippen MR) is 117 cm³/mol. The third-order valence-corrected chi connectivity index (χ3v) is 5.72. The van der Waals surface area contributed by atoms with Gasteiger partial charge >= 0.3 is 0 Å². The molecule has 0 amide bonds. The van der Waals surface area contributed by atoms with Gasteiger partial charge in [0, 0.05) is 16.8 Å². The summed E-state index contributed by atoms with van der Waals surface area (Å²) in [6.07, 6.45) is 0. The Labute approximate surface area is 167 Å². The van der Waals surface area contributed by atoms with Crippen LogP contribution < -0.4 is 5.43 Å². The quantitative estimate of drug-likeness (QED) is 0.397. The maximum Gasteiger partial charge on any atom is 0.188 e. The number of nitrogens with one attached hydrogen (secondary N) is 1. The van der Waals surface area contributed by atoms with Crippen molar-refractivity contribution in [3.63, 3.8) is 0 Å². The van der Waals surface area contributed by atoms with Gasteiger partial charge in [0.2, 0.25) is 0 Å². The molecule has 0 radical (unpaired) electrons. The van der Waals surface area contributed by atoms with E-state index < -0.39 is 0 Å². The second-order valence-electron chi connectivity index (χ2n) is 7.35. The van der Waals surface area contributed by atoms with E-state index in [0.717, 1.165) is 37.8 Å². The molecule has 7 nitrogen and oxygen atoms in total. The third kappa shape index (κ3) is 1.86. The summed E-state index contributed by atoms with van der Waals surface area (Å²) in [5.74, 6) is 0. The zero-order chi connectivity index (χ0) is 19.8. The van der Waals surface area contributed by atoms with Crippen molar-refractivity contribution in [1.29, 1.82) is 0 Å². The maximum absolute atomic E-state index is 12.0. The summed E-state index contributed by atoms with van der Waals surface area (Å²) in [7, 11) is 0. The van der Waals surface area contributed by atoms with E-state index in [1.165, 1.54) is 12.1 Å². The summed E-state index contributed by atoms with van der Waals surface area (Å²) in [5.41, 5.74) is 3.18. The highest BCUT2D eigenvalue weighted by Gasteiger charge is 2.18. The highest BCUT2D eigenvalue weighted by atomic mass is 16.1. The number of fused-ring (bicyclic) bond motifs is 12. The number of H-pyrrole nitrogens is 1. The molecule has 0 atom stereocenters. The molecular weight excluding hydrogens is 376 g/mol. The van der Waals surface area contributed by atoms with Crippen LogP contribution in [0, 0.1) is 0 Å². The molecule has 1 N–H and O–H groups in total. The topological polar surface area (TPSA) is 88.8 Å². The third-order valence-electron chi connectivity index (χ3n) is 5.72. The fraction of sp³-hybridized carbons (Fsp3) is 0. The van der Waals surface area contributed by atoms with Gasteiger partial charge in [0.1, 0.15) is 5.52 Å². The summed E-state index contributed by atoms with van der Waals surface area (Å²) in [5, 5.41) is 27.5. The summed E-state index contributed by atoms with van der Waals surface area (Å²) in [6, 6.07) is 21.2. The summed E-state index contributed by atoms with van der Waals surface area (Å²) < 4.78 is 1.68. The van der Waals surface area contributed by atoms with E-state index in [4.69, 9.17) is 0 Å². The van der Waals surface area contributed by atoms with Gasteiger partial charge in [0.05, 0.1) is 16.4 Å². The molecule has 3 aromatic heterocycles. The lowest BCUT2D eigenvalue weighted by molar-refractivity contribution is 0.940. The van der Waals surface area contributed by atoms with E-state index >= 15 is 0 Å². The molecule has 0 aliphatic carbocycles. The van der Waals surface area contributed by atoms with Gasteiger partial charge in [-0.05, 0) is 28.3 Å². The van der Waals surface area contributed by atoms with Crippen LogP contribution in [0.3, 0.4) is 0 Å². The molecule has 0 fully saturated rings. The second-order valence-corrected chi connectivity index (χ2v) is 7.35. The number of aromatic nitrogens is 6. The molecule has 0 saturated heterocycles. The van der Waals surface area contributed by atoms with E-state index in [0.29, 0.717) is 22.3 Å². The molecule has 0 bridgehead atoms. The lowest BCUT2D eigenvalue weighted by Crippen LogP contribution is -2.02. The SMILES string of the molecule is O=c1ccc2nnc3c4c(nn3c2c1)[nH]nc1c2ccccc2c2ccccc2c14. The van der Waals surface area contributed by atoms with Crippen LogP contribution in [0.4, 0.5) is 0 Å². The van der Waals surface area contributed by atoms with Gasteiger partial charge in [-0.2, -0.15) is 5.10 Å². The van der Waals surface area contributed by atoms with Crippen molar-refractivity contribution < 1.29 is 0 Å². The van der Waals surface area contributed by atoms with Crippen LogP contribution >= 0.6 is 0 Å². The molecule has 7 rings (SSSR count). The van der Waals surface area contributed by atoms with Crippen molar-refractivity contribution in [2.24, 2.45) is 0 Å². The summed E-state index contributed by atoms with van der Waals surface area (Å²) in [6.45, 7) is 0. The van der Waals surface area contributed by atoms with E-state index in [1.807, 2.05) is 24.3 Å². The number of nitrogens with zero attached hydrogens (tertiary/aromatic N) is 5. The highest BCUT2D eigenvalue weighted by molar-refractivity contribution is 6.31. The first-order valence-corrected chi connectivity index (χ1v) is 9.56. The zero-order valence-corrected chi connectivity index (χ0v) is 15.5. The number of rotatable bonds is 0. The Balaban J connectivity index is 1.83. The number of benzene rings is 4. The Hall–Kier alpha value is -4.39. The van der Waals surface area contributed by atoms with Crippen molar-refractivity contribution in [3.8, 4) is 0 Å². The largest absolute Gasteiger partial charge is 0.290 e. The van der Waals surface area contributed by atoms with Gasteiger partial charge in [-0.25, -0.2) is 4.52 Å². The normalized spacial score (nSPS) is 12.1. The average molecular weight is 388 g/mol. The van der Waals surface area contributed by atoms with Gasteiger partial charge < -0.3 is 0 Å². The monoisotopic (exact) mass is 388 g/mol.